The summed E-state index contributed by atoms with van der Waals surface area (Å²) in [5.74, 6) is -0.409. The van der Waals surface area contributed by atoms with Gasteiger partial charge >= 0.3 is 0 Å². The third kappa shape index (κ3) is 3.26. The highest BCUT2D eigenvalue weighted by Crippen LogP contribution is 2.55. The van der Waals surface area contributed by atoms with Crippen LogP contribution in [-0.2, 0) is 19.4 Å². The van der Waals surface area contributed by atoms with E-state index in [2.05, 4.69) is 0 Å². The SMILES string of the molecule is COc1ccc2c3c4n(c2c1)C(C=C(C)C)OOC(C)(C)CC4N1C(=O)C2CCCN2C(=O)[C@]1(O)[C@H]3O. The van der Waals surface area contributed by atoms with E-state index in [0.29, 0.717) is 47.3 Å². The van der Waals surface area contributed by atoms with Gasteiger partial charge in [0.05, 0.1) is 24.4 Å². The lowest BCUT2D eigenvalue weighted by molar-refractivity contribution is -0.390. The number of aliphatic hydroxyl groups is 2. The Labute approximate surface area is 214 Å². The van der Waals surface area contributed by atoms with Gasteiger partial charge in [0.25, 0.3) is 11.6 Å². The number of amides is 2. The minimum Gasteiger partial charge on any atom is -0.497 e. The first-order valence-corrected chi connectivity index (χ1v) is 12.8. The van der Waals surface area contributed by atoms with Crippen molar-refractivity contribution in [3.8, 4) is 5.75 Å². The number of aromatic nitrogens is 1. The zero-order valence-electron chi connectivity index (χ0n) is 21.7. The maximum atomic E-state index is 14.0. The number of hydrogen-bond acceptors (Lipinski definition) is 7. The van der Waals surface area contributed by atoms with Gasteiger partial charge in [-0.25, -0.2) is 9.78 Å². The van der Waals surface area contributed by atoms with Gasteiger partial charge in [0, 0.05) is 30.0 Å². The predicted octanol–water partition coefficient (Wildman–Crippen LogP) is 2.86. The first kappa shape index (κ1) is 24.4. The zero-order valence-corrected chi connectivity index (χ0v) is 21.7. The number of carbonyl (C=O) groups excluding carboxylic acids is 2. The molecule has 4 aliphatic rings. The number of methoxy groups -OCH3 is 1. The molecule has 2 aromatic rings. The van der Waals surface area contributed by atoms with E-state index >= 15 is 0 Å². The van der Waals surface area contributed by atoms with Gasteiger partial charge in [0.2, 0.25) is 5.91 Å². The number of hydrogen-bond donors (Lipinski definition) is 2. The highest BCUT2D eigenvalue weighted by Gasteiger charge is 2.66. The Kier molecular flexibility index (Phi) is 5.30. The average molecular weight is 512 g/mol. The maximum absolute atomic E-state index is 14.0. The van der Waals surface area contributed by atoms with E-state index in [1.54, 1.807) is 19.2 Å². The third-order valence-corrected chi connectivity index (χ3v) is 8.08. The monoisotopic (exact) mass is 511 g/mol. The van der Waals surface area contributed by atoms with Crippen LogP contribution in [0, 0.1) is 0 Å². The summed E-state index contributed by atoms with van der Waals surface area (Å²) in [4.78, 5) is 42.4. The summed E-state index contributed by atoms with van der Waals surface area (Å²) in [6, 6.07) is 3.99. The van der Waals surface area contributed by atoms with Crippen LogP contribution in [0.4, 0.5) is 0 Å². The highest BCUT2D eigenvalue weighted by atomic mass is 17.2. The minimum absolute atomic E-state index is 0.232. The van der Waals surface area contributed by atoms with E-state index < -0.39 is 41.6 Å². The molecule has 2 fully saturated rings. The number of fused-ring (bicyclic) bond motifs is 6. The lowest BCUT2D eigenvalue weighted by Gasteiger charge is -2.56. The Morgan fingerprint density at radius 3 is 2.68 bits per heavy atom. The second-order valence-electron chi connectivity index (χ2n) is 11.3. The van der Waals surface area contributed by atoms with Gasteiger partial charge in [-0.2, -0.15) is 0 Å². The molecule has 10 heteroatoms. The first-order valence-electron chi connectivity index (χ1n) is 12.8. The molecule has 2 N–H and O–H groups in total. The number of rotatable bonds is 2. The van der Waals surface area contributed by atoms with Crippen LogP contribution in [0.25, 0.3) is 10.9 Å². The second kappa shape index (κ2) is 8.04. The van der Waals surface area contributed by atoms with Crippen molar-refractivity contribution in [3.63, 3.8) is 0 Å². The fraction of sp³-hybridized carbons (Fsp3) is 0.556. The minimum atomic E-state index is -2.43. The lowest BCUT2D eigenvalue weighted by Crippen LogP contribution is -2.74. The molecule has 0 spiro atoms. The maximum Gasteiger partial charge on any atom is 0.279 e. The number of allylic oxidation sites excluding steroid dienone is 1. The summed E-state index contributed by atoms with van der Waals surface area (Å²) in [5, 5.41) is 24.6. The van der Waals surface area contributed by atoms with Crippen molar-refractivity contribution in [1.82, 2.24) is 14.4 Å². The standard InChI is InChI=1S/C27H33N3O7/c1-14(2)11-20-29-18-12-15(35-5)8-9-16(18)21-22(29)19(13-26(3,4)37-36-20)30-24(32)17-7-6-10-28(17)25(33)27(30,34)23(21)31/h8-9,11-12,17,19-20,23,31,34H,6-7,10,13H2,1-5H3/t17?,19?,20?,23-,27+/m0/s1. The van der Waals surface area contributed by atoms with Crippen LogP contribution >= 0.6 is 0 Å². The van der Waals surface area contributed by atoms with Crippen LogP contribution in [-0.4, -0.2) is 67.4 Å². The second-order valence-corrected chi connectivity index (χ2v) is 11.3. The quantitative estimate of drug-likeness (QED) is 0.471. The van der Waals surface area contributed by atoms with E-state index in [-0.39, 0.29) is 12.3 Å². The van der Waals surface area contributed by atoms with Gasteiger partial charge in [0.15, 0.2) is 6.23 Å². The summed E-state index contributed by atoms with van der Waals surface area (Å²) in [6.45, 7) is 7.95. The van der Waals surface area contributed by atoms with E-state index in [1.807, 2.05) is 44.4 Å². The molecule has 1 aromatic heterocycles. The number of benzene rings is 1. The van der Waals surface area contributed by atoms with Crippen molar-refractivity contribution < 1.29 is 34.3 Å². The average Bonchev–Trinajstić information content (AvgIpc) is 3.46. The Morgan fingerprint density at radius 2 is 1.97 bits per heavy atom. The summed E-state index contributed by atoms with van der Waals surface area (Å²) >= 11 is 0. The molecule has 0 radical (unpaired) electrons. The molecule has 198 valence electrons. The van der Waals surface area contributed by atoms with Crippen LogP contribution in [0.15, 0.2) is 29.8 Å². The van der Waals surface area contributed by atoms with Crippen molar-refractivity contribution in [2.75, 3.05) is 13.7 Å². The van der Waals surface area contributed by atoms with Gasteiger partial charge in [0.1, 0.15) is 23.5 Å². The molecule has 0 bridgehead atoms. The molecule has 6 rings (SSSR count). The van der Waals surface area contributed by atoms with Gasteiger partial charge in [-0.3, -0.25) is 14.5 Å². The Morgan fingerprint density at radius 1 is 1.22 bits per heavy atom. The fourth-order valence-corrected chi connectivity index (χ4v) is 6.54. The molecule has 10 nitrogen and oxygen atoms in total. The Balaban J connectivity index is 1.71. The van der Waals surface area contributed by atoms with Gasteiger partial charge in [-0.05, 0) is 58.7 Å². The van der Waals surface area contributed by atoms with Crippen LogP contribution in [0.1, 0.15) is 76.6 Å². The van der Waals surface area contributed by atoms with Crippen molar-refractivity contribution in [2.45, 2.75) is 82.7 Å². The van der Waals surface area contributed by atoms with Crippen molar-refractivity contribution >= 4 is 22.7 Å². The van der Waals surface area contributed by atoms with Crippen LogP contribution in [0.5, 0.6) is 5.75 Å². The van der Waals surface area contributed by atoms with E-state index in [0.717, 1.165) is 5.57 Å². The van der Waals surface area contributed by atoms with E-state index in [4.69, 9.17) is 14.5 Å². The molecule has 5 heterocycles. The molecule has 0 aliphatic carbocycles. The van der Waals surface area contributed by atoms with Crippen molar-refractivity contribution in [3.05, 3.63) is 41.1 Å². The zero-order chi connectivity index (χ0) is 26.4. The van der Waals surface area contributed by atoms with Crippen molar-refractivity contribution in [2.24, 2.45) is 0 Å². The van der Waals surface area contributed by atoms with Crippen molar-refractivity contribution in [1.29, 1.82) is 0 Å². The van der Waals surface area contributed by atoms with E-state index in [1.165, 1.54) is 9.80 Å². The number of ether oxygens (including phenoxy) is 1. The summed E-state index contributed by atoms with van der Waals surface area (Å²) in [7, 11) is 1.57. The molecule has 4 aliphatic heterocycles. The summed E-state index contributed by atoms with van der Waals surface area (Å²) in [6.07, 6.45) is 0.922. The molecular formula is C27H33N3O7. The molecule has 3 unspecified atom stereocenters. The molecular weight excluding hydrogens is 478 g/mol. The van der Waals surface area contributed by atoms with E-state index in [9.17, 15) is 19.8 Å². The van der Waals surface area contributed by atoms with Gasteiger partial charge in [-0.15, -0.1) is 0 Å². The molecule has 2 amide bonds. The molecule has 1 aromatic carbocycles. The summed E-state index contributed by atoms with van der Waals surface area (Å²) < 4.78 is 7.38. The van der Waals surface area contributed by atoms with Crippen LogP contribution < -0.4 is 4.74 Å². The number of aliphatic hydroxyl groups excluding tert-OH is 1. The topological polar surface area (TPSA) is 114 Å². The Bertz CT molecular complexity index is 1340. The number of piperazine rings is 1. The molecule has 0 saturated carbocycles. The normalized spacial score (nSPS) is 32.4. The van der Waals surface area contributed by atoms with Gasteiger partial charge < -0.3 is 24.4 Å². The smallest absolute Gasteiger partial charge is 0.279 e. The number of carbonyl (C=O) groups is 2. The first-order chi connectivity index (χ1) is 17.5. The lowest BCUT2D eigenvalue weighted by atomic mass is 9.79. The molecule has 2 saturated heterocycles. The largest absolute Gasteiger partial charge is 0.497 e. The number of nitrogens with zero attached hydrogens (tertiary/aromatic N) is 3. The fourth-order valence-electron chi connectivity index (χ4n) is 6.54. The highest BCUT2D eigenvalue weighted by molar-refractivity contribution is 6.01. The molecule has 37 heavy (non-hydrogen) atoms. The van der Waals surface area contributed by atoms with Gasteiger partial charge in [-0.1, -0.05) is 5.57 Å². The van der Waals surface area contributed by atoms with Crippen LogP contribution in [0.2, 0.25) is 0 Å². The Hall–Kier alpha value is -2.92. The molecule has 5 atom stereocenters. The summed E-state index contributed by atoms with van der Waals surface area (Å²) in [5.41, 5.74) is -0.644. The third-order valence-electron chi connectivity index (χ3n) is 8.08. The predicted molar refractivity (Wildman–Crippen MR) is 132 cm³/mol. The van der Waals surface area contributed by atoms with Crippen LogP contribution in [0.3, 0.4) is 0 Å².